The van der Waals surface area contributed by atoms with E-state index < -0.39 is 11.6 Å². The van der Waals surface area contributed by atoms with Crippen LogP contribution < -0.4 is 4.74 Å². The zero-order chi connectivity index (χ0) is 20.6. The maximum atomic E-state index is 12.9. The van der Waals surface area contributed by atoms with Gasteiger partial charge < -0.3 is 19.6 Å². The lowest BCUT2D eigenvalue weighted by molar-refractivity contribution is -0.146. The van der Waals surface area contributed by atoms with Crippen molar-refractivity contribution < 1.29 is 24.2 Å². The van der Waals surface area contributed by atoms with E-state index in [0.29, 0.717) is 56.6 Å². The largest absolute Gasteiger partial charge is 0.486 e. The second-order valence-corrected chi connectivity index (χ2v) is 8.45. The number of carbonyl (C=O) groups excluding carboxylic acids is 3. The van der Waals surface area contributed by atoms with Gasteiger partial charge in [0.15, 0.2) is 5.78 Å². The first kappa shape index (κ1) is 19.9. The molecule has 29 heavy (non-hydrogen) atoms. The molecule has 0 aromatic heterocycles. The van der Waals surface area contributed by atoms with Crippen molar-refractivity contribution >= 4 is 17.6 Å². The molecule has 7 nitrogen and oxygen atoms in total. The monoisotopic (exact) mass is 400 g/mol. The van der Waals surface area contributed by atoms with Crippen LogP contribution in [0.5, 0.6) is 5.75 Å². The van der Waals surface area contributed by atoms with Crippen LogP contribution in [0.2, 0.25) is 0 Å². The molecule has 156 valence electrons. The molecule has 3 heterocycles. The van der Waals surface area contributed by atoms with E-state index in [1.54, 1.807) is 28.9 Å². The van der Waals surface area contributed by atoms with Crippen LogP contribution >= 0.6 is 0 Å². The summed E-state index contributed by atoms with van der Waals surface area (Å²) in [6.07, 6.45) is 2.31. The second-order valence-electron chi connectivity index (χ2n) is 8.45. The van der Waals surface area contributed by atoms with Gasteiger partial charge >= 0.3 is 0 Å². The number of carbonyl (C=O) groups is 3. The number of likely N-dealkylation sites (tertiary alicyclic amines) is 2. The smallest absolute Gasteiger partial charge is 0.245 e. The molecule has 0 aliphatic carbocycles. The Balaban J connectivity index is 1.47. The van der Waals surface area contributed by atoms with Crippen LogP contribution in [0.3, 0.4) is 0 Å². The van der Waals surface area contributed by atoms with Gasteiger partial charge in [-0.2, -0.15) is 0 Å². The number of para-hydroxylation sites is 1. The standard InChI is InChI=1S/C22H28N2O5/c1-15(21(28)23-11-7-16(25)8-12-23)24-13-10-22(9-6-20(24)27)14-18(26)17-4-2-3-5-19(17)29-22/h2-5,15-16,25H,6-14H2,1H3. The number of aliphatic hydroxyl groups excluding tert-OH is 1. The van der Waals surface area contributed by atoms with Crippen molar-refractivity contribution in [3.63, 3.8) is 0 Å². The SMILES string of the molecule is CC(C(=O)N1CCC(O)CC1)N1CCC2(CCC1=O)CC(=O)c1ccccc1O2. The molecule has 1 aromatic carbocycles. The quantitative estimate of drug-likeness (QED) is 0.818. The molecule has 7 heteroatoms. The van der Waals surface area contributed by atoms with Crippen LogP contribution in [0.1, 0.15) is 55.8 Å². The first-order valence-corrected chi connectivity index (χ1v) is 10.5. The van der Waals surface area contributed by atoms with E-state index in [1.165, 1.54) is 0 Å². The normalized spacial score (nSPS) is 26.7. The van der Waals surface area contributed by atoms with E-state index in [1.807, 2.05) is 12.1 Å². The first-order chi connectivity index (χ1) is 13.9. The van der Waals surface area contributed by atoms with Gasteiger partial charge in [0, 0.05) is 32.5 Å². The van der Waals surface area contributed by atoms with Gasteiger partial charge in [-0.15, -0.1) is 0 Å². The Hall–Kier alpha value is -2.41. The number of benzene rings is 1. The third-order valence-corrected chi connectivity index (χ3v) is 6.52. The van der Waals surface area contributed by atoms with Crippen LogP contribution in [0.15, 0.2) is 24.3 Å². The predicted molar refractivity (Wildman–Crippen MR) is 106 cm³/mol. The molecule has 1 aromatic rings. The predicted octanol–water partition coefficient (Wildman–Crippen LogP) is 1.77. The molecule has 1 spiro atoms. The van der Waals surface area contributed by atoms with E-state index in [0.717, 1.165) is 0 Å². The average molecular weight is 400 g/mol. The number of rotatable bonds is 2. The molecule has 2 saturated heterocycles. The van der Waals surface area contributed by atoms with Gasteiger partial charge in [0.25, 0.3) is 0 Å². The summed E-state index contributed by atoms with van der Waals surface area (Å²) in [5.74, 6) is 0.478. The van der Waals surface area contributed by atoms with Gasteiger partial charge in [-0.1, -0.05) is 12.1 Å². The van der Waals surface area contributed by atoms with Crippen LogP contribution in [-0.4, -0.2) is 69.9 Å². The Morgan fingerprint density at radius 1 is 1.17 bits per heavy atom. The summed E-state index contributed by atoms with van der Waals surface area (Å²) >= 11 is 0. The maximum Gasteiger partial charge on any atom is 0.245 e. The van der Waals surface area contributed by atoms with Crippen LogP contribution in [0.4, 0.5) is 0 Å². The minimum atomic E-state index is -0.687. The molecule has 2 fully saturated rings. The molecule has 0 radical (unpaired) electrons. The minimum absolute atomic E-state index is 0.0451. The maximum absolute atomic E-state index is 12.9. The lowest BCUT2D eigenvalue weighted by atomic mass is 9.84. The number of nitrogens with zero attached hydrogens (tertiary/aromatic N) is 2. The molecule has 0 saturated carbocycles. The number of amides is 2. The zero-order valence-corrected chi connectivity index (χ0v) is 16.8. The van der Waals surface area contributed by atoms with Gasteiger partial charge in [0.05, 0.1) is 18.1 Å². The third kappa shape index (κ3) is 3.88. The second kappa shape index (κ2) is 7.78. The molecule has 2 amide bonds. The fourth-order valence-electron chi connectivity index (χ4n) is 4.67. The van der Waals surface area contributed by atoms with Crippen molar-refractivity contribution in [1.29, 1.82) is 0 Å². The molecule has 4 rings (SSSR count). The number of Topliss-reactive ketones (excluding diaryl/α,β-unsaturated/α-hetero) is 1. The number of ketones is 1. The lowest BCUT2D eigenvalue weighted by Crippen LogP contribution is -2.52. The highest BCUT2D eigenvalue weighted by molar-refractivity contribution is 6.00. The number of hydrogen-bond donors (Lipinski definition) is 1. The Morgan fingerprint density at radius 2 is 1.90 bits per heavy atom. The Kier molecular flexibility index (Phi) is 5.34. The van der Waals surface area contributed by atoms with Crippen LogP contribution in [0.25, 0.3) is 0 Å². The number of ether oxygens (including phenoxy) is 1. The fraction of sp³-hybridized carbons (Fsp3) is 0.591. The van der Waals surface area contributed by atoms with Crippen molar-refractivity contribution in [1.82, 2.24) is 9.80 Å². The number of hydrogen-bond acceptors (Lipinski definition) is 5. The summed E-state index contributed by atoms with van der Waals surface area (Å²) < 4.78 is 6.25. The van der Waals surface area contributed by atoms with Crippen LogP contribution in [0, 0.1) is 0 Å². The molecule has 1 N–H and O–H groups in total. The van der Waals surface area contributed by atoms with E-state index in [2.05, 4.69) is 0 Å². The van der Waals surface area contributed by atoms with Crippen molar-refractivity contribution in [3.05, 3.63) is 29.8 Å². The van der Waals surface area contributed by atoms with E-state index >= 15 is 0 Å². The van der Waals surface area contributed by atoms with Gasteiger partial charge in [-0.3, -0.25) is 14.4 Å². The van der Waals surface area contributed by atoms with Crippen LogP contribution in [-0.2, 0) is 9.59 Å². The van der Waals surface area contributed by atoms with Crippen molar-refractivity contribution in [3.8, 4) is 5.75 Å². The Labute approximate surface area is 170 Å². The topological polar surface area (TPSA) is 87.2 Å². The van der Waals surface area contributed by atoms with Gasteiger partial charge in [0.1, 0.15) is 17.4 Å². The highest BCUT2D eigenvalue weighted by Gasteiger charge is 2.44. The molecule has 3 aliphatic heterocycles. The van der Waals surface area contributed by atoms with E-state index in [4.69, 9.17) is 4.74 Å². The summed E-state index contributed by atoms with van der Waals surface area (Å²) in [5, 5.41) is 9.66. The van der Waals surface area contributed by atoms with Crippen molar-refractivity contribution in [2.45, 2.75) is 63.2 Å². The zero-order valence-electron chi connectivity index (χ0n) is 16.8. The van der Waals surface area contributed by atoms with Gasteiger partial charge in [-0.05, 0) is 38.3 Å². The Bertz CT molecular complexity index is 817. The highest BCUT2D eigenvalue weighted by atomic mass is 16.5. The molecular formula is C22H28N2O5. The van der Waals surface area contributed by atoms with Crippen molar-refractivity contribution in [2.75, 3.05) is 19.6 Å². The number of piperidine rings is 1. The van der Waals surface area contributed by atoms with Gasteiger partial charge in [0.2, 0.25) is 11.8 Å². The lowest BCUT2D eigenvalue weighted by Gasteiger charge is -2.38. The van der Waals surface area contributed by atoms with Crippen molar-refractivity contribution in [2.24, 2.45) is 0 Å². The van der Waals surface area contributed by atoms with E-state index in [-0.39, 0.29) is 36.5 Å². The molecule has 3 aliphatic rings. The number of aliphatic hydroxyl groups is 1. The summed E-state index contributed by atoms with van der Waals surface area (Å²) in [5.41, 5.74) is -0.0882. The average Bonchev–Trinajstić information content (AvgIpc) is 2.87. The van der Waals surface area contributed by atoms with E-state index in [9.17, 15) is 19.5 Å². The minimum Gasteiger partial charge on any atom is -0.486 e. The summed E-state index contributed by atoms with van der Waals surface area (Å²) in [6, 6.07) is 6.68. The summed E-state index contributed by atoms with van der Waals surface area (Å²) in [4.78, 5) is 41.8. The molecular weight excluding hydrogens is 372 g/mol. The summed E-state index contributed by atoms with van der Waals surface area (Å²) in [7, 11) is 0. The fourth-order valence-corrected chi connectivity index (χ4v) is 4.67. The number of fused-ring (bicyclic) bond motifs is 1. The molecule has 0 bridgehead atoms. The summed E-state index contributed by atoms with van der Waals surface area (Å²) in [6.45, 7) is 3.19. The Morgan fingerprint density at radius 3 is 2.66 bits per heavy atom. The third-order valence-electron chi connectivity index (χ3n) is 6.52. The molecule has 2 unspecified atom stereocenters. The molecule has 2 atom stereocenters. The first-order valence-electron chi connectivity index (χ1n) is 10.5. The van der Waals surface area contributed by atoms with Gasteiger partial charge in [-0.25, -0.2) is 0 Å². The highest BCUT2D eigenvalue weighted by Crippen LogP contribution is 2.39.